The Kier molecular flexibility index (Phi) is 9.09. The molecule has 3 aromatic rings. The second kappa shape index (κ2) is 12.4. The fourth-order valence-electron chi connectivity index (χ4n) is 3.64. The van der Waals surface area contributed by atoms with Gasteiger partial charge in [0.2, 0.25) is 0 Å². The second-order valence-corrected chi connectivity index (χ2v) is 7.71. The minimum Gasteiger partial charge on any atom is -0.481 e. The van der Waals surface area contributed by atoms with Crippen molar-refractivity contribution < 1.29 is 28.5 Å². The highest BCUT2D eigenvalue weighted by Gasteiger charge is 2.19. The van der Waals surface area contributed by atoms with Gasteiger partial charge in [0.25, 0.3) is 0 Å². The first-order valence-corrected chi connectivity index (χ1v) is 11.3. The zero-order chi connectivity index (χ0) is 24.3. The number of fused-ring (bicyclic) bond motifs is 2. The number of esters is 2. The van der Waals surface area contributed by atoms with Gasteiger partial charge < -0.3 is 18.9 Å². The smallest absolute Gasteiger partial charge is 0.344 e. The number of carbonyl (C=O) groups is 2. The number of rotatable bonds is 13. The molecule has 6 nitrogen and oxygen atoms in total. The highest BCUT2D eigenvalue weighted by atomic mass is 16.6. The van der Waals surface area contributed by atoms with E-state index in [1.807, 2.05) is 30.3 Å². The van der Waals surface area contributed by atoms with Gasteiger partial charge >= 0.3 is 11.9 Å². The second-order valence-electron chi connectivity index (χ2n) is 7.71. The first-order valence-electron chi connectivity index (χ1n) is 11.3. The molecule has 0 aromatic heterocycles. The Morgan fingerprint density at radius 1 is 0.794 bits per heavy atom. The number of aryl methyl sites for hydroxylation is 1. The van der Waals surface area contributed by atoms with E-state index in [1.165, 1.54) is 12.2 Å². The third-order valence-corrected chi connectivity index (χ3v) is 5.20. The highest BCUT2D eigenvalue weighted by molar-refractivity contribution is 6.11. The third kappa shape index (κ3) is 6.16. The number of benzene rings is 3. The van der Waals surface area contributed by atoms with Crippen LogP contribution in [0.5, 0.6) is 11.5 Å². The minimum atomic E-state index is -0.484. The van der Waals surface area contributed by atoms with E-state index in [2.05, 4.69) is 32.2 Å². The average Bonchev–Trinajstić information content (AvgIpc) is 2.86. The van der Waals surface area contributed by atoms with Crippen molar-refractivity contribution in [2.75, 3.05) is 26.4 Å². The monoisotopic (exact) mass is 462 g/mol. The lowest BCUT2D eigenvalue weighted by atomic mass is 9.97. The van der Waals surface area contributed by atoms with Crippen molar-refractivity contribution in [2.45, 2.75) is 26.2 Å². The van der Waals surface area contributed by atoms with Gasteiger partial charge in [-0.25, -0.2) is 9.59 Å². The Morgan fingerprint density at radius 3 is 1.85 bits per heavy atom. The molecule has 0 heterocycles. The van der Waals surface area contributed by atoms with Crippen molar-refractivity contribution in [3.63, 3.8) is 0 Å². The Morgan fingerprint density at radius 2 is 1.32 bits per heavy atom. The molecule has 0 atom stereocenters. The molecule has 0 amide bonds. The van der Waals surface area contributed by atoms with Crippen LogP contribution in [0.2, 0.25) is 0 Å². The summed E-state index contributed by atoms with van der Waals surface area (Å²) in [4.78, 5) is 24.2. The van der Waals surface area contributed by atoms with Gasteiger partial charge in [0.05, 0.1) is 0 Å². The van der Waals surface area contributed by atoms with Crippen molar-refractivity contribution >= 4 is 33.5 Å². The van der Waals surface area contributed by atoms with Gasteiger partial charge in [0, 0.05) is 21.5 Å². The van der Waals surface area contributed by atoms with Crippen LogP contribution in [0.4, 0.5) is 0 Å². The van der Waals surface area contributed by atoms with Crippen LogP contribution in [0, 0.1) is 0 Å². The molecule has 0 saturated carbocycles. The van der Waals surface area contributed by atoms with E-state index in [0.717, 1.165) is 46.4 Å². The van der Waals surface area contributed by atoms with E-state index in [0.29, 0.717) is 11.5 Å². The van der Waals surface area contributed by atoms with Crippen molar-refractivity contribution in [2.24, 2.45) is 0 Å². The molecule has 0 N–H and O–H groups in total. The van der Waals surface area contributed by atoms with Crippen LogP contribution >= 0.6 is 0 Å². The topological polar surface area (TPSA) is 71.1 Å². The molecule has 0 radical (unpaired) electrons. The quantitative estimate of drug-likeness (QED) is 0.188. The standard InChI is InChI=1S/C28H30O6/c1-4-7-10-20-13-14-23-24(17-20)28(34-19-26(30)32-16-6-3)22-12-9-8-11-21(22)27(23)33-18-25(29)31-15-5-2/h5-6,8-9,11-14,17H,2-4,7,10,15-16,18-19H2,1H3. The number of hydrogen-bond acceptors (Lipinski definition) is 6. The van der Waals surface area contributed by atoms with E-state index in [-0.39, 0.29) is 26.4 Å². The van der Waals surface area contributed by atoms with Crippen LogP contribution in [0.25, 0.3) is 21.5 Å². The molecule has 0 aliphatic rings. The molecular formula is C28H30O6. The predicted molar refractivity (Wildman–Crippen MR) is 133 cm³/mol. The normalized spacial score (nSPS) is 10.6. The lowest BCUT2D eigenvalue weighted by molar-refractivity contribution is -0.145. The zero-order valence-corrected chi connectivity index (χ0v) is 19.5. The Labute approximate surface area is 199 Å². The first kappa shape index (κ1) is 24.8. The van der Waals surface area contributed by atoms with Crippen molar-refractivity contribution in [1.29, 1.82) is 0 Å². The molecule has 0 aliphatic heterocycles. The number of ether oxygens (including phenoxy) is 4. The summed E-state index contributed by atoms with van der Waals surface area (Å²) in [5.41, 5.74) is 1.15. The molecule has 3 rings (SSSR count). The maximum Gasteiger partial charge on any atom is 0.344 e. The lowest BCUT2D eigenvalue weighted by Crippen LogP contribution is -2.16. The van der Waals surface area contributed by atoms with E-state index >= 15 is 0 Å². The predicted octanol–water partition coefficient (Wildman–Crippen LogP) is 5.55. The average molecular weight is 463 g/mol. The highest BCUT2D eigenvalue weighted by Crippen LogP contribution is 2.43. The summed E-state index contributed by atoms with van der Waals surface area (Å²) in [6, 6.07) is 13.7. The molecule has 178 valence electrons. The summed E-state index contributed by atoms with van der Waals surface area (Å²) in [5, 5.41) is 3.12. The van der Waals surface area contributed by atoms with E-state index in [4.69, 9.17) is 18.9 Å². The van der Waals surface area contributed by atoms with Gasteiger partial charge in [0.1, 0.15) is 24.7 Å². The van der Waals surface area contributed by atoms with Crippen LogP contribution in [0.15, 0.2) is 67.8 Å². The molecule has 0 spiro atoms. The molecule has 34 heavy (non-hydrogen) atoms. The van der Waals surface area contributed by atoms with Crippen molar-refractivity contribution in [3.05, 3.63) is 73.3 Å². The Balaban J connectivity index is 2.08. The van der Waals surface area contributed by atoms with Crippen LogP contribution in [0.1, 0.15) is 25.3 Å². The summed E-state index contributed by atoms with van der Waals surface area (Å²) < 4.78 is 22.1. The van der Waals surface area contributed by atoms with Crippen LogP contribution in [0.3, 0.4) is 0 Å². The van der Waals surface area contributed by atoms with Gasteiger partial charge in [-0.3, -0.25) is 0 Å². The van der Waals surface area contributed by atoms with Gasteiger partial charge in [-0.15, -0.1) is 0 Å². The molecule has 0 saturated heterocycles. The molecule has 0 unspecified atom stereocenters. The van der Waals surface area contributed by atoms with Gasteiger partial charge in [-0.2, -0.15) is 0 Å². The maximum absolute atomic E-state index is 12.1. The number of hydrogen-bond donors (Lipinski definition) is 0. The lowest BCUT2D eigenvalue weighted by Gasteiger charge is -2.18. The summed E-state index contributed by atoms with van der Waals surface area (Å²) in [6.45, 7) is 9.03. The van der Waals surface area contributed by atoms with E-state index < -0.39 is 11.9 Å². The van der Waals surface area contributed by atoms with E-state index in [9.17, 15) is 9.59 Å². The molecule has 6 heteroatoms. The summed E-state index contributed by atoms with van der Waals surface area (Å²) >= 11 is 0. The van der Waals surface area contributed by atoms with Crippen LogP contribution in [-0.4, -0.2) is 38.4 Å². The third-order valence-electron chi connectivity index (χ3n) is 5.20. The zero-order valence-electron chi connectivity index (χ0n) is 19.5. The first-order chi connectivity index (χ1) is 16.6. The molecular weight excluding hydrogens is 432 g/mol. The van der Waals surface area contributed by atoms with Gasteiger partial charge in [-0.05, 0) is 24.5 Å². The fourth-order valence-corrected chi connectivity index (χ4v) is 3.64. The van der Waals surface area contributed by atoms with Gasteiger partial charge in [-0.1, -0.05) is 75.1 Å². The minimum absolute atomic E-state index is 0.124. The fraction of sp³-hybridized carbons (Fsp3) is 0.286. The number of carbonyl (C=O) groups excluding carboxylic acids is 2. The SMILES string of the molecule is C=CCOC(=O)COc1c2ccccc2c(OCC(=O)OCC=C)c2cc(CCCC)ccc12. The molecule has 0 bridgehead atoms. The van der Waals surface area contributed by atoms with Crippen LogP contribution < -0.4 is 9.47 Å². The van der Waals surface area contributed by atoms with Crippen molar-refractivity contribution in [1.82, 2.24) is 0 Å². The summed E-state index contributed by atoms with van der Waals surface area (Å²) in [7, 11) is 0. The van der Waals surface area contributed by atoms with Crippen LogP contribution in [-0.2, 0) is 25.5 Å². The van der Waals surface area contributed by atoms with Gasteiger partial charge in [0.15, 0.2) is 13.2 Å². The maximum atomic E-state index is 12.1. The molecule has 0 aliphatic carbocycles. The largest absolute Gasteiger partial charge is 0.481 e. The molecule has 0 fully saturated rings. The summed E-state index contributed by atoms with van der Waals surface area (Å²) in [6.07, 6.45) is 6.07. The summed E-state index contributed by atoms with van der Waals surface area (Å²) in [5.74, 6) is 0.164. The molecule has 3 aromatic carbocycles. The number of unbranched alkanes of at least 4 members (excludes halogenated alkanes) is 1. The van der Waals surface area contributed by atoms with E-state index in [1.54, 1.807) is 0 Å². The van der Waals surface area contributed by atoms with Crippen molar-refractivity contribution in [3.8, 4) is 11.5 Å². The Bertz CT molecular complexity index is 1180. The Hall–Kier alpha value is -3.80.